The van der Waals surface area contributed by atoms with Crippen molar-refractivity contribution in [1.82, 2.24) is 4.90 Å². The predicted octanol–water partition coefficient (Wildman–Crippen LogP) is 0.633. The molecule has 0 bridgehead atoms. The Morgan fingerprint density at radius 1 is 1.33 bits per heavy atom. The number of primary sulfonamides is 1. The predicted molar refractivity (Wildman–Crippen MR) is 90.5 cm³/mol. The summed E-state index contributed by atoms with van der Waals surface area (Å²) in [4.78, 5) is 24.8. The van der Waals surface area contributed by atoms with Crippen molar-refractivity contribution in [3.8, 4) is 0 Å². The first-order valence-electron chi connectivity index (χ1n) is 7.17. The minimum absolute atomic E-state index is 0. The lowest BCUT2D eigenvalue weighted by atomic mass is 10.0. The number of hydrogen-bond donors (Lipinski definition) is 3. The van der Waals surface area contributed by atoms with Gasteiger partial charge >= 0.3 is 5.97 Å². The molecule has 2 rings (SSSR count). The van der Waals surface area contributed by atoms with Gasteiger partial charge in [0.05, 0.1) is 11.4 Å². The smallest absolute Gasteiger partial charge is 0.320 e. The third-order valence-corrected chi connectivity index (χ3v) is 4.60. The van der Waals surface area contributed by atoms with E-state index in [1.165, 1.54) is 24.3 Å². The van der Waals surface area contributed by atoms with Crippen LogP contribution in [0.5, 0.6) is 0 Å². The Kier molecular flexibility index (Phi) is 7.15. The van der Waals surface area contributed by atoms with Gasteiger partial charge in [0.2, 0.25) is 15.9 Å². The maximum Gasteiger partial charge on any atom is 0.320 e. The van der Waals surface area contributed by atoms with Gasteiger partial charge in [0.1, 0.15) is 6.04 Å². The number of nitrogens with two attached hydrogens (primary N) is 1. The fourth-order valence-electron chi connectivity index (χ4n) is 2.60. The summed E-state index contributed by atoms with van der Waals surface area (Å²) < 4.78 is 22.6. The Morgan fingerprint density at radius 2 is 2.04 bits per heavy atom. The molecule has 1 unspecified atom stereocenters. The maximum absolute atomic E-state index is 12.1. The quantitative estimate of drug-likeness (QED) is 0.690. The molecule has 1 saturated heterocycles. The Morgan fingerprint density at radius 3 is 2.67 bits per heavy atom. The number of nitrogens with one attached hydrogen (secondary N) is 1. The number of halogens is 1. The van der Waals surface area contributed by atoms with Crippen LogP contribution in [0.2, 0.25) is 0 Å². The van der Waals surface area contributed by atoms with Crippen LogP contribution in [0.25, 0.3) is 0 Å². The van der Waals surface area contributed by atoms with Gasteiger partial charge in [0.25, 0.3) is 0 Å². The summed E-state index contributed by atoms with van der Waals surface area (Å²) in [5.41, 5.74) is 0.297. The molecule has 1 aromatic carbocycles. The lowest BCUT2D eigenvalue weighted by Gasteiger charge is -2.32. The van der Waals surface area contributed by atoms with Gasteiger partial charge < -0.3 is 10.4 Å². The number of carbonyl (C=O) groups is 2. The molecule has 1 aliphatic heterocycles. The minimum atomic E-state index is -3.85. The van der Waals surface area contributed by atoms with Gasteiger partial charge in [-0.15, -0.1) is 12.4 Å². The van der Waals surface area contributed by atoms with Gasteiger partial charge in [0.15, 0.2) is 0 Å². The molecule has 0 aromatic heterocycles. The molecular weight excluding hydrogens is 358 g/mol. The Labute approximate surface area is 146 Å². The highest BCUT2D eigenvalue weighted by Crippen LogP contribution is 2.18. The van der Waals surface area contributed by atoms with Crippen LogP contribution in [0.15, 0.2) is 29.2 Å². The van der Waals surface area contributed by atoms with Crippen LogP contribution < -0.4 is 10.5 Å². The summed E-state index contributed by atoms with van der Waals surface area (Å²) in [6.07, 6.45) is 2.19. The second kappa shape index (κ2) is 8.43. The zero-order valence-electron chi connectivity index (χ0n) is 12.8. The molecule has 1 aliphatic rings. The van der Waals surface area contributed by atoms with E-state index >= 15 is 0 Å². The van der Waals surface area contributed by atoms with E-state index in [2.05, 4.69) is 5.32 Å². The first-order valence-corrected chi connectivity index (χ1v) is 8.71. The van der Waals surface area contributed by atoms with Crippen molar-refractivity contribution in [3.63, 3.8) is 0 Å². The molecular formula is C14H20ClN3O5S. The number of amides is 1. The van der Waals surface area contributed by atoms with Crippen molar-refractivity contribution in [2.45, 2.75) is 30.2 Å². The van der Waals surface area contributed by atoms with Gasteiger partial charge in [-0.1, -0.05) is 12.5 Å². The van der Waals surface area contributed by atoms with Gasteiger partial charge in [-0.05, 0) is 37.6 Å². The molecule has 1 heterocycles. The number of aliphatic carboxylic acids is 1. The standard InChI is InChI=1S/C14H19N3O5S.ClH/c15-23(21,22)11-5-3-4-10(8-11)16-13(18)9-17-7-2-1-6-12(17)14(19)20;/h3-5,8,12H,1-2,6-7,9H2,(H,16,18)(H,19,20)(H2,15,21,22);1H. The summed E-state index contributed by atoms with van der Waals surface area (Å²) in [7, 11) is -3.85. The van der Waals surface area contributed by atoms with Crippen molar-refractivity contribution in [2.24, 2.45) is 5.14 Å². The number of carboxylic acids is 1. The van der Waals surface area contributed by atoms with Crippen molar-refractivity contribution >= 4 is 40.0 Å². The molecule has 10 heteroatoms. The van der Waals surface area contributed by atoms with E-state index in [9.17, 15) is 23.1 Å². The molecule has 1 amide bonds. The number of rotatable bonds is 5. The fraction of sp³-hybridized carbons (Fsp3) is 0.429. The van der Waals surface area contributed by atoms with Crippen LogP contribution in [-0.4, -0.2) is 49.4 Å². The van der Waals surface area contributed by atoms with Crippen LogP contribution in [0.3, 0.4) is 0 Å². The molecule has 0 aliphatic carbocycles. The Hall–Kier alpha value is -1.68. The number of likely N-dealkylation sites (tertiary alicyclic amines) is 1. The molecule has 24 heavy (non-hydrogen) atoms. The van der Waals surface area contributed by atoms with Crippen LogP contribution in [0, 0.1) is 0 Å². The number of nitrogens with zero attached hydrogens (tertiary/aromatic N) is 1. The third-order valence-electron chi connectivity index (χ3n) is 3.69. The minimum Gasteiger partial charge on any atom is -0.480 e. The van der Waals surface area contributed by atoms with Gasteiger partial charge in [-0.3, -0.25) is 14.5 Å². The third kappa shape index (κ3) is 5.45. The molecule has 1 atom stereocenters. The topological polar surface area (TPSA) is 130 Å². The van der Waals surface area contributed by atoms with Crippen molar-refractivity contribution in [1.29, 1.82) is 0 Å². The van der Waals surface area contributed by atoms with Crippen molar-refractivity contribution < 1.29 is 23.1 Å². The SMILES string of the molecule is Cl.NS(=O)(=O)c1cccc(NC(=O)CN2CCCCC2C(=O)O)c1. The number of carbonyl (C=O) groups excluding carboxylic acids is 1. The number of benzene rings is 1. The van der Waals surface area contributed by atoms with Crippen LogP contribution in [0.4, 0.5) is 5.69 Å². The molecule has 134 valence electrons. The average molecular weight is 378 g/mol. The first kappa shape index (κ1) is 20.4. The van der Waals surface area contributed by atoms with Gasteiger partial charge in [-0.25, -0.2) is 13.6 Å². The maximum atomic E-state index is 12.1. The summed E-state index contributed by atoms with van der Waals surface area (Å²) in [6.45, 7) is 0.484. The van der Waals surface area contributed by atoms with Gasteiger partial charge in [-0.2, -0.15) is 0 Å². The number of anilines is 1. The van der Waals surface area contributed by atoms with Crippen LogP contribution in [0.1, 0.15) is 19.3 Å². The zero-order valence-corrected chi connectivity index (χ0v) is 14.5. The highest BCUT2D eigenvalue weighted by molar-refractivity contribution is 7.89. The lowest BCUT2D eigenvalue weighted by molar-refractivity contribution is -0.145. The van der Waals surface area contributed by atoms with E-state index in [1.54, 1.807) is 4.90 Å². The van der Waals surface area contributed by atoms with E-state index in [0.29, 0.717) is 18.7 Å². The van der Waals surface area contributed by atoms with Crippen LogP contribution >= 0.6 is 12.4 Å². The number of sulfonamides is 1. The van der Waals surface area contributed by atoms with E-state index in [1.807, 2.05) is 0 Å². The first-order chi connectivity index (χ1) is 10.8. The largest absolute Gasteiger partial charge is 0.480 e. The molecule has 1 fully saturated rings. The second-order valence-electron chi connectivity index (χ2n) is 5.44. The molecule has 0 saturated carbocycles. The van der Waals surface area contributed by atoms with Crippen molar-refractivity contribution in [2.75, 3.05) is 18.4 Å². The molecule has 4 N–H and O–H groups in total. The lowest BCUT2D eigenvalue weighted by Crippen LogP contribution is -2.47. The van der Waals surface area contributed by atoms with E-state index in [0.717, 1.165) is 12.8 Å². The fourth-order valence-corrected chi connectivity index (χ4v) is 3.16. The summed E-state index contributed by atoms with van der Waals surface area (Å²) >= 11 is 0. The van der Waals surface area contributed by atoms with Crippen molar-refractivity contribution in [3.05, 3.63) is 24.3 Å². The number of piperidine rings is 1. The summed E-state index contributed by atoms with van der Waals surface area (Å²) in [6, 6.07) is 4.94. The Balaban J connectivity index is 0.00000288. The Bertz CT molecular complexity index is 710. The molecule has 8 nitrogen and oxygen atoms in total. The molecule has 0 spiro atoms. The van der Waals surface area contributed by atoms with Crippen LogP contribution in [-0.2, 0) is 19.6 Å². The van der Waals surface area contributed by atoms with E-state index in [-0.39, 0.29) is 23.8 Å². The number of hydrogen-bond acceptors (Lipinski definition) is 5. The summed E-state index contributed by atoms with van der Waals surface area (Å²) in [5, 5.41) is 16.8. The molecule has 0 radical (unpaired) electrons. The monoisotopic (exact) mass is 377 g/mol. The molecule has 1 aromatic rings. The van der Waals surface area contributed by atoms with Gasteiger partial charge in [0, 0.05) is 5.69 Å². The van der Waals surface area contributed by atoms with E-state index in [4.69, 9.17) is 5.14 Å². The highest BCUT2D eigenvalue weighted by Gasteiger charge is 2.29. The average Bonchev–Trinajstić information content (AvgIpc) is 2.46. The zero-order chi connectivity index (χ0) is 17.0. The van der Waals surface area contributed by atoms with E-state index < -0.39 is 27.9 Å². The second-order valence-corrected chi connectivity index (χ2v) is 7.00. The normalized spacial score (nSPS) is 18.5. The number of carboxylic acid groups (broad SMARTS) is 1. The summed E-state index contributed by atoms with van der Waals surface area (Å²) in [5.74, 6) is -1.33. The highest BCUT2D eigenvalue weighted by atomic mass is 35.5.